The van der Waals surface area contributed by atoms with Crippen LogP contribution in [0.15, 0.2) is 0 Å². The summed E-state index contributed by atoms with van der Waals surface area (Å²) in [6.45, 7) is 0.199. The lowest BCUT2D eigenvalue weighted by Gasteiger charge is -2.43. The van der Waals surface area contributed by atoms with Crippen LogP contribution in [0.4, 0.5) is 0 Å². The van der Waals surface area contributed by atoms with Crippen LogP contribution in [0.25, 0.3) is 0 Å². The topological polar surface area (TPSA) is 126 Å². The number of rotatable bonds is 2. The van der Waals surface area contributed by atoms with E-state index in [0.29, 0.717) is 12.8 Å². The molecule has 0 spiro atoms. The highest BCUT2D eigenvalue weighted by Crippen LogP contribution is 2.56. The number of hydrogen-bond donors (Lipinski definition) is 4. The van der Waals surface area contributed by atoms with Crippen molar-refractivity contribution in [1.82, 2.24) is 0 Å². The minimum atomic E-state index is -3.75. The molecule has 3 fully saturated rings. The van der Waals surface area contributed by atoms with Crippen molar-refractivity contribution in [1.29, 1.82) is 0 Å². The van der Waals surface area contributed by atoms with Crippen LogP contribution < -0.4 is 0 Å². The number of hydrogen-bond acceptors (Lipinski definition) is 7. The molecule has 20 heavy (non-hydrogen) atoms. The third kappa shape index (κ3) is 2.24. The fourth-order valence-corrected chi connectivity index (χ4v) is 4.78. The first-order chi connectivity index (χ1) is 9.36. The molecule has 0 aromatic rings. The van der Waals surface area contributed by atoms with E-state index in [2.05, 4.69) is 0 Å². The molecule has 0 amide bonds. The van der Waals surface area contributed by atoms with Crippen molar-refractivity contribution in [3.8, 4) is 0 Å². The highest BCUT2D eigenvalue weighted by molar-refractivity contribution is 7.53. The van der Waals surface area contributed by atoms with Crippen LogP contribution in [0, 0.1) is 0 Å². The van der Waals surface area contributed by atoms with Crippen LogP contribution in [0.3, 0.4) is 0 Å². The quantitative estimate of drug-likeness (QED) is 0.476. The highest BCUT2D eigenvalue weighted by atomic mass is 31.2. The smallest absolute Gasteiger partial charge is 0.331 e. The van der Waals surface area contributed by atoms with Crippen molar-refractivity contribution in [2.45, 2.75) is 55.1 Å². The maximum atomic E-state index is 12.0. The third-order valence-electron chi connectivity index (χ3n) is 4.33. The molecule has 3 saturated heterocycles. The van der Waals surface area contributed by atoms with Gasteiger partial charge in [0, 0.05) is 0 Å². The van der Waals surface area contributed by atoms with Gasteiger partial charge in [-0.2, -0.15) is 0 Å². The first kappa shape index (κ1) is 14.9. The van der Waals surface area contributed by atoms with Crippen molar-refractivity contribution in [2.75, 3.05) is 13.2 Å². The monoisotopic (exact) mass is 310 g/mol. The Kier molecular flexibility index (Phi) is 3.72. The number of aliphatic hydroxyl groups is 3. The summed E-state index contributed by atoms with van der Waals surface area (Å²) in [5.74, 6) is 0. The van der Waals surface area contributed by atoms with E-state index in [4.69, 9.17) is 14.0 Å². The maximum absolute atomic E-state index is 12.0. The summed E-state index contributed by atoms with van der Waals surface area (Å²) in [5.41, 5.74) is -1.94. The average molecular weight is 310 g/mol. The normalized spacial score (nSPS) is 55.9. The standard InChI is InChI=1S/C11H19O8P/c12-7-8(13)10-17-5-11(19-10,9(7)14)4-6-2-1-3-18-20(6,15)16/h6-10,12-14H,1-5H2,(H,15,16)/t6?,7-,8+,9+,10+,11+/m1/s1. The average Bonchev–Trinajstić information content (AvgIpc) is 2.80. The molecular formula is C11H19O8P. The Morgan fingerprint density at radius 2 is 2.00 bits per heavy atom. The largest absolute Gasteiger partial charge is 0.387 e. The van der Waals surface area contributed by atoms with Gasteiger partial charge in [-0.25, -0.2) is 0 Å². The third-order valence-corrected chi connectivity index (χ3v) is 6.25. The predicted octanol–water partition coefficient (Wildman–Crippen LogP) is -1.05. The molecule has 2 unspecified atom stereocenters. The maximum Gasteiger partial charge on any atom is 0.331 e. The molecule has 7 atom stereocenters. The first-order valence-electron chi connectivity index (χ1n) is 6.66. The first-order valence-corrected chi connectivity index (χ1v) is 8.31. The molecule has 0 aromatic heterocycles. The molecule has 3 aliphatic heterocycles. The van der Waals surface area contributed by atoms with Gasteiger partial charge in [-0.15, -0.1) is 0 Å². The minimum absolute atomic E-state index is 0.0382. The number of aliphatic hydroxyl groups excluding tert-OH is 3. The molecule has 4 N–H and O–H groups in total. The number of ether oxygens (including phenoxy) is 2. The lowest BCUT2D eigenvalue weighted by molar-refractivity contribution is -0.260. The van der Waals surface area contributed by atoms with Crippen LogP contribution in [0.2, 0.25) is 0 Å². The van der Waals surface area contributed by atoms with Gasteiger partial charge in [-0.3, -0.25) is 4.57 Å². The lowest BCUT2D eigenvalue weighted by Crippen LogP contribution is -2.61. The van der Waals surface area contributed by atoms with E-state index in [1.54, 1.807) is 0 Å². The van der Waals surface area contributed by atoms with Gasteiger partial charge in [0.2, 0.25) is 0 Å². The second-order valence-electron chi connectivity index (χ2n) is 5.69. The molecule has 3 heterocycles. The molecule has 0 radical (unpaired) electrons. The summed E-state index contributed by atoms with van der Waals surface area (Å²) in [5, 5.41) is 29.7. The van der Waals surface area contributed by atoms with Crippen molar-refractivity contribution in [3.63, 3.8) is 0 Å². The summed E-state index contributed by atoms with van der Waals surface area (Å²) < 4.78 is 27.7. The molecular weight excluding hydrogens is 291 g/mol. The SMILES string of the molecule is O=P1(O)OCCCC1C[C@@]12CO[C@@H](O1)[C@@H](O)[C@@H](O)[C@@H]2O. The fraction of sp³-hybridized carbons (Fsp3) is 1.00. The summed E-state index contributed by atoms with van der Waals surface area (Å²) in [4.78, 5) is 9.84. The van der Waals surface area contributed by atoms with Crippen LogP contribution in [0.1, 0.15) is 19.3 Å². The Balaban J connectivity index is 1.81. The number of fused-ring (bicyclic) bond motifs is 2. The summed E-state index contributed by atoms with van der Waals surface area (Å²) in [7, 11) is -3.75. The van der Waals surface area contributed by atoms with Crippen LogP contribution >= 0.6 is 7.60 Å². The van der Waals surface area contributed by atoms with Gasteiger partial charge in [0.15, 0.2) is 6.29 Å². The molecule has 3 rings (SSSR count). The van der Waals surface area contributed by atoms with Gasteiger partial charge < -0.3 is 34.2 Å². The van der Waals surface area contributed by atoms with E-state index in [9.17, 15) is 24.8 Å². The Hall–Kier alpha value is -0.0500. The summed E-state index contributed by atoms with van der Waals surface area (Å²) in [6, 6.07) is 0. The second kappa shape index (κ2) is 5.00. The van der Waals surface area contributed by atoms with Gasteiger partial charge >= 0.3 is 7.60 Å². The van der Waals surface area contributed by atoms with Crippen molar-refractivity contribution >= 4 is 7.60 Å². The second-order valence-corrected chi connectivity index (χ2v) is 7.80. The van der Waals surface area contributed by atoms with Gasteiger partial charge in [-0.1, -0.05) is 0 Å². The Morgan fingerprint density at radius 1 is 1.25 bits per heavy atom. The van der Waals surface area contributed by atoms with Gasteiger partial charge in [-0.05, 0) is 19.3 Å². The van der Waals surface area contributed by atoms with Crippen LogP contribution in [-0.2, 0) is 18.6 Å². The highest BCUT2D eigenvalue weighted by Gasteiger charge is 2.60. The van der Waals surface area contributed by atoms with E-state index in [0.717, 1.165) is 0 Å². The van der Waals surface area contributed by atoms with Crippen LogP contribution in [-0.4, -0.2) is 69.3 Å². The van der Waals surface area contributed by atoms with Crippen molar-refractivity contribution in [2.24, 2.45) is 0 Å². The molecule has 116 valence electrons. The molecule has 0 saturated carbocycles. The van der Waals surface area contributed by atoms with E-state index in [-0.39, 0.29) is 19.6 Å². The predicted molar refractivity (Wildman–Crippen MR) is 65.0 cm³/mol. The zero-order chi connectivity index (χ0) is 14.5. The van der Waals surface area contributed by atoms with Gasteiger partial charge in [0.25, 0.3) is 0 Å². The Bertz CT molecular complexity index is 431. The summed E-state index contributed by atoms with van der Waals surface area (Å²) in [6.07, 6.45) is -3.95. The minimum Gasteiger partial charge on any atom is -0.387 e. The molecule has 3 aliphatic rings. The zero-order valence-corrected chi connectivity index (χ0v) is 11.7. The van der Waals surface area contributed by atoms with E-state index < -0.39 is 43.5 Å². The molecule has 8 nitrogen and oxygen atoms in total. The van der Waals surface area contributed by atoms with Crippen molar-refractivity contribution in [3.05, 3.63) is 0 Å². The summed E-state index contributed by atoms with van der Waals surface area (Å²) >= 11 is 0. The van der Waals surface area contributed by atoms with E-state index in [1.807, 2.05) is 0 Å². The van der Waals surface area contributed by atoms with Crippen molar-refractivity contribution < 1.29 is 38.8 Å². The van der Waals surface area contributed by atoms with Gasteiger partial charge in [0.1, 0.15) is 23.9 Å². The fourth-order valence-electron chi connectivity index (χ4n) is 3.13. The Morgan fingerprint density at radius 3 is 2.70 bits per heavy atom. The van der Waals surface area contributed by atoms with Crippen LogP contribution in [0.5, 0.6) is 0 Å². The Labute approximate surface area is 115 Å². The zero-order valence-electron chi connectivity index (χ0n) is 10.8. The molecule has 2 bridgehead atoms. The van der Waals surface area contributed by atoms with E-state index >= 15 is 0 Å². The molecule has 9 heteroatoms. The molecule has 0 aliphatic carbocycles. The lowest BCUT2D eigenvalue weighted by atomic mass is 9.84. The van der Waals surface area contributed by atoms with Gasteiger partial charge in [0.05, 0.1) is 18.9 Å². The van der Waals surface area contributed by atoms with E-state index in [1.165, 1.54) is 0 Å². The molecule has 0 aromatic carbocycles.